The lowest BCUT2D eigenvalue weighted by Crippen LogP contribution is -2.31. The zero-order valence-corrected chi connectivity index (χ0v) is 19.2. The van der Waals surface area contributed by atoms with Gasteiger partial charge in [-0.15, -0.1) is 0 Å². The summed E-state index contributed by atoms with van der Waals surface area (Å²) >= 11 is 0. The number of nitrogens with one attached hydrogen (secondary N) is 1. The summed E-state index contributed by atoms with van der Waals surface area (Å²) in [5.74, 6) is 1.05. The quantitative estimate of drug-likeness (QED) is 0.646. The predicted octanol–water partition coefficient (Wildman–Crippen LogP) is 3.63. The van der Waals surface area contributed by atoms with E-state index in [-0.39, 0.29) is 23.7 Å². The molecule has 8 heteroatoms. The zero-order valence-electron chi connectivity index (χ0n) is 19.2. The number of allylic oxidation sites excluding steroid dienone is 2. The molecule has 1 aliphatic heterocycles. The molecule has 33 heavy (non-hydrogen) atoms. The van der Waals surface area contributed by atoms with Gasteiger partial charge in [-0.1, -0.05) is 6.08 Å². The lowest BCUT2D eigenvalue weighted by Gasteiger charge is -2.28. The number of rotatable bonds is 7. The molecule has 172 valence electrons. The van der Waals surface area contributed by atoms with Crippen LogP contribution in [-0.2, 0) is 12.8 Å². The summed E-state index contributed by atoms with van der Waals surface area (Å²) < 4.78 is 20.5. The number of anilines is 1. The van der Waals surface area contributed by atoms with E-state index in [1.165, 1.54) is 19.2 Å². The maximum Gasteiger partial charge on any atom is 0.166 e. The Bertz CT molecular complexity index is 1150. The predicted molar refractivity (Wildman–Crippen MR) is 124 cm³/mol. The second kappa shape index (κ2) is 9.67. The molecule has 7 nitrogen and oxygen atoms in total. The Morgan fingerprint density at radius 2 is 2.09 bits per heavy atom. The number of methoxy groups -OCH3 is 1. The monoisotopic (exact) mass is 449 g/mol. The highest BCUT2D eigenvalue weighted by Crippen LogP contribution is 2.33. The van der Waals surface area contributed by atoms with Crippen molar-refractivity contribution >= 4 is 17.2 Å². The number of carbonyl (C=O) groups excluding carboxylic acids is 1. The lowest BCUT2D eigenvalue weighted by molar-refractivity contribution is 0.0932. The van der Waals surface area contributed by atoms with Gasteiger partial charge in [-0.3, -0.25) is 4.79 Å². The first-order valence-electron chi connectivity index (χ1n) is 11.2. The van der Waals surface area contributed by atoms with Crippen LogP contribution in [0.1, 0.15) is 52.3 Å². The maximum atomic E-state index is 15.0. The number of fused-ring (bicyclic) bond motifs is 1. The van der Waals surface area contributed by atoms with E-state index in [2.05, 4.69) is 33.3 Å². The molecule has 2 heterocycles. The minimum Gasteiger partial charge on any atom is -0.496 e. The van der Waals surface area contributed by atoms with Crippen LogP contribution < -0.4 is 10.1 Å². The van der Waals surface area contributed by atoms with E-state index in [1.807, 2.05) is 6.08 Å². The fourth-order valence-corrected chi connectivity index (χ4v) is 4.60. The molecule has 4 rings (SSSR count). The summed E-state index contributed by atoms with van der Waals surface area (Å²) in [5.41, 5.74) is 2.68. The van der Waals surface area contributed by atoms with E-state index >= 15 is 4.39 Å². The Balaban J connectivity index is 1.57. The molecule has 2 aromatic rings. The fraction of sp³-hybridized carbons (Fsp3) is 0.440. The van der Waals surface area contributed by atoms with Gasteiger partial charge in [0, 0.05) is 31.9 Å². The third kappa shape index (κ3) is 4.74. The van der Waals surface area contributed by atoms with Crippen LogP contribution in [0.25, 0.3) is 5.57 Å². The van der Waals surface area contributed by atoms with Gasteiger partial charge in [0.25, 0.3) is 0 Å². The normalized spacial score (nSPS) is 16.2. The number of hydrogen-bond donors (Lipinski definition) is 1. The molecule has 0 atom stereocenters. The summed E-state index contributed by atoms with van der Waals surface area (Å²) in [6.07, 6.45) is 4.87. The van der Waals surface area contributed by atoms with Crippen LogP contribution in [0.5, 0.6) is 5.75 Å². The third-order valence-electron chi connectivity index (χ3n) is 6.49. The molecule has 0 amide bonds. The van der Waals surface area contributed by atoms with Gasteiger partial charge in [-0.25, -0.2) is 14.4 Å². The van der Waals surface area contributed by atoms with Crippen LogP contribution in [0.3, 0.4) is 0 Å². The minimum absolute atomic E-state index is 0.0724. The van der Waals surface area contributed by atoms with E-state index in [1.54, 1.807) is 7.05 Å². The average Bonchev–Trinajstić information content (AvgIpc) is 3.23. The Labute approximate surface area is 193 Å². The molecule has 1 aliphatic carbocycles. The van der Waals surface area contributed by atoms with Gasteiger partial charge in [-0.05, 0) is 51.0 Å². The van der Waals surface area contributed by atoms with Crippen LogP contribution in [0.4, 0.5) is 10.2 Å². The van der Waals surface area contributed by atoms with Crippen LogP contribution in [0.15, 0.2) is 18.2 Å². The first-order chi connectivity index (χ1) is 15.9. The topological polar surface area (TPSA) is 91.1 Å². The summed E-state index contributed by atoms with van der Waals surface area (Å²) in [5, 5.41) is 12.4. The number of benzene rings is 1. The molecule has 1 aromatic heterocycles. The number of ether oxygens (including phenoxy) is 1. The van der Waals surface area contributed by atoms with Crippen molar-refractivity contribution in [3.8, 4) is 11.8 Å². The summed E-state index contributed by atoms with van der Waals surface area (Å²) in [4.78, 5) is 24.2. The molecule has 0 spiro atoms. The molecule has 0 radical (unpaired) electrons. The molecule has 1 saturated heterocycles. The Morgan fingerprint density at radius 1 is 1.33 bits per heavy atom. The number of ketones is 1. The molecule has 0 bridgehead atoms. The van der Waals surface area contributed by atoms with Gasteiger partial charge in [0.2, 0.25) is 0 Å². The van der Waals surface area contributed by atoms with E-state index in [4.69, 9.17) is 4.74 Å². The molecule has 2 aliphatic rings. The van der Waals surface area contributed by atoms with Crippen molar-refractivity contribution in [2.75, 3.05) is 39.6 Å². The van der Waals surface area contributed by atoms with Gasteiger partial charge in [-0.2, -0.15) is 5.26 Å². The van der Waals surface area contributed by atoms with Crippen molar-refractivity contribution < 1.29 is 13.9 Å². The van der Waals surface area contributed by atoms with Gasteiger partial charge < -0.3 is 15.0 Å². The standard InChI is InChI=1S/C25H28FN5O2/c1-28-25-24-16(14-27)4-5-20(24)29-23(30-25)12-17-11-19(26)18(13-22(17)33-3)21(32)10-15-6-8-31(2)9-7-15/h4,11,13,15H,5-10,12H2,1-3H3,(H,28,29,30). The van der Waals surface area contributed by atoms with Crippen molar-refractivity contribution in [1.29, 1.82) is 5.26 Å². The fourth-order valence-electron chi connectivity index (χ4n) is 4.60. The van der Waals surface area contributed by atoms with Crippen molar-refractivity contribution in [2.24, 2.45) is 5.92 Å². The minimum atomic E-state index is -0.549. The first kappa shape index (κ1) is 22.9. The number of nitriles is 1. The second-order valence-electron chi connectivity index (χ2n) is 8.69. The van der Waals surface area contributed by atoms with Crippen LogP contribution >= 0.6 is 0 Å². The zero-order chi connectivity index (χ0) is 23.5. The Kier molecular flexibility index (Phi) is 6.70. The number of hydrogen-bond acceptors (Lipinski definition) is 7. The van der Waals surface area contributed by atoms with Gasteiger partial charge in [0.1, 0.15) is 23.2 Å². The second-order valence-corrected chi connectivity index (χ2v) is 8.69. The number of piperidine rings is 1. The molecule has 1 N–H and O–H groups in total. The maximum absolute atomic E-state index is 15.0. The van der Waals surface area contributed by atoms with Crippen LogP contribution in [-0.4, -0.2) is 54.9 Å². The Morgan fingerprint density at radius 3 is 2.76 bits per heavy atom. The SMILES string of the molecule is CNc1nc(Cc2cc(F)c(C(=O)CC3CCN(C)CC3)cc2OC)nc2c1C(C#N)=CC2. The van der Waals surface area contributed by atoms with E-state index in [0.29, 0.717) is 41.4 Å². The van der Waals surface area contributed by atoms with Crippen LogP contribution in [0.2, 0.25) is 0 Å². The van der Waals surface area contributed by atoms with Gasteiger partial charge >= 0.3 is 0 Å². The van der Waals surface area contributed by atoms with Crippen molar-refractivity contribution in [3.63, 3.8) is 0 Å². The molecule has 0 saturated carbocycles. The highest BCUT2D eigenvalue weighted by atomic mass is 19.1. The summed E-state index contributed by atoms with van der Waals surface area (Å²) in [6, 6.07) is 5.04. The smallest absolute Gasteiger partial charge is 0.166 e. The molecular formula is C25H28FN5O2. The highest BCUT2D eigenvalue weighted by Gasteiger charge is 2.25. The largest absolute Gasteiger partial charge is 0.496 e. The number of Topliss-reactive ketones (excluding diaryl/α,β-unsaturated/α-hetero) is 1. The first-order valence-corrected chi connectivity index (χ1v) is 11.2. The van der Waals surface area contributed by atoms with Crippen LogP contribution in [0, 0.1) is 23.1 Å². The summed E-state index contributed by atoms with van der Waals surface area (Å²) in [7, 11) is 5.32. The number of aromatic nitrogens is 2. The highest BCUT2D eigenvalue weighted by molar-refractivity contribution is 5.97. The average molecular weight is 450 g/mol. The van der Waals surface area contributed by atoms with Crippen molar-refractivity contribution in [1.82, 2.24) is 14.9 Å². The van der Waals surface area contributed by atoms with Gasteiger partial charge in [0.15, 0.2) is 5.78 Å². The van der Waals surface area contributed by atoms with Gasteiger partial charge in [0.05, 0.1) is 35.6 Å². The van der Waals surface area contributed by atoms with Crippen molar-refractivity contribution in [2.45, 2.75) is 32.1 Å². The van der Waals surface area contributed by atoms with E-state index < -0.39 is 5.82 Å². The van der Waals surface area contributed by atoms with Crippen molar-refractivity contribution in [3.05, 3.63) is 52.2 Å². The number of halogens is 1. The number of carbonyl (C=O) groups is 1. The molecule has 1 fully saturated rings. The Hall–Kier alpha value is -3.31. The summed E-state index contributed by atoms with van der Waals surface area (Å²) in [6.45, 7) is 1.92. The molecular weight excluding hydrogens is 421 g/mol. The lowest BCUT2D eigenvalue weighted by atomic mass is 9.89. The molecule has 0 unspecified atom stereocenters. The third-order valence-corrected chi connectivity index (χ3v) is 6.49. The number of nitrogens with zero attached hydrogens (tertiary/aromatic N) is 4. The number of likely N-dealkylation sites (tertiary alicyclic amines) is 1. The van der Waals surface area contributed by atoms with E-state index in [0.717, 1.165) is 37.2 Å². The molecule has 1 aromatic carbocycles. The van der Waals surface area contributed by atoms with E-state index in [9.17, 15) is 10.1 Å².